The lowest BCUT2D eigenvalue weighted by molar-refractivity contribution is 0.0681. The number of halogens is 2. The van der Waals surface area contributed by atoms with Gasteiger partial charge in [0.25, 0.3) is 0 Å². The standard InChI is InChI=1S/C9H4I2O6/c10-16-8(14)4-1-2-5(9(15)17-11)6(3-4)7(12)13/h1-3H,(H,12,13). The van der Waals surface area contributed by atoms with Gasteiger partial charge in [-0.15, -0.1) is 0 Å². The van der Waals surface area contributed by atoms with E-state index in [4.69, 9.17) is 5.11 Å². The molecule has 0 atom stereocenters. The van der Waals surface area contributed by atoms with Crippen LogP contribution in [0, 0.1) is 0 Å². The molecule has 0 aliphatic rings. The molecule has 0 spiro atoms. The van der Waals surface area contributed by atoms with E-state index >= 15 is 0 Å². The maximum atomic E-state index is 11.3. The number of rotatable bonds is 3. The molecule has 17 heavy (non-hydrogen) atoms. The van der Waals surface area contributed by atoms with Crippen molar-refractivity contribution in [2.45, 2.75) is 0 Å². The van der Waals surface area contributed by atoms with E-state index in [9.17, 15) is 14.4 Å². The lowest BCUT2D eigenvalue weighted by Crippen LogP contribution is -2.10. The molecular weight excluding hydrogens is 458 g/mol. The molecule has 90 valence electrons. The molecule has 0 aliphatic heterocycles. The molecule has 0 heterocycles. The van der Waals surface area contributed by atoms with Crippen molar-refractivity contribution in [2.75, 3.05) is 0 Å². The van der Waals surface area contributed by atoms with Gasteiger partial charge in [-0.1, -0.05) is 0 Å². The molecule has 1 aromatic rings. The number of hydrogen-bond donors (Lipinski definition) is 1. The van der Waals surface area contributed by atoms with E-state index in [0.29, 0.717) is 0 Å². The number of benzene rings is 1. The average Bonchev–Trinajstić information content (AvgIpc) is 2.35. The van der Waals surface area contributed by atoms with Crippen LogP contribution in [0.25, 0.3) is 0 Å². The van der Waals surface area contributed by atoms with Gasteiger partial charge < -0.3 is 11.2 Å². The highest BCUT2D eigenvalue weighted by Crippen LogP contribution is 2.16. The van der Waals surface area contributed by atoms with Gasteiger partial charge in [0, 0.05) is 0 Å². The largest absolute Gasteiger partial charge is 0.478 e. The van der Waals surface area contributed by atoms with Gasteiger partial charge in [-0.25, -0.2) is 14.4 Å². The Hall–Kier alpha value is -0.910. The van der Waals surface area contributed by atoms with Crippen LogP contribution in [0.4, 0.5) is 0 Å². The molecule has 0 amide bonds. The first kappa shape index (κ1) is 14.2. The maximum Gasteiger partial charge on any atom is 0.348 e. The Morgan fingerprint density at radius 3 is 2.06 bits per heavy atom. The highest BCUT2D eigenvalue weighted by molar-refractivity contribution is 14.1. The van der Waals surface area contributed by atoms with Gasteiger partial charge in [-0.2, -0.15) is 0 Å². The average molecular weight is 462 g/mol. The van der Waals surface area contributed by atoms with Crippen molar-refractivity contribution in [3.05, 3.63) is 34.9 Å². The fourth-order valence-electron chi connectivity index (χ4n) is 1.11. The SMILES string of the molecule is O=C(OI)c1ccc(C(=O)OI)c(C(=O)O)c1. The lowest BCUT2D eigenvalue weighted by atomic mass is 10.0. The summed E-state index contributed by atoms with van der Waals surface area (Å²) in [5.41, 5.74) is -0.398. The van der Waals surface area contributed by atoms with E-state index in [2.05, 4.69) is 6.13 Å². The Kier molecular flexibility index (Phi) is 5.11. The Morgan fingerprint density at radius 1 is 1.00 bits per heavy atom. The smallest absolute Gasteiger partial charge is 0.348 e. The van der Waals surface area contributed by atoms with Crippen LogP contribution in [0.1, 0.15) is 31.1 Å². The van der Waals surface area contributed by atoms with Crippen LogP contribution in [0.3, 0.4) is 0 Å². The van der Waals surface area contributed by atoms with E-state index < -0.39 is 17.9 Å². The van der Waals surface area contributed by atoms with Crippen molar-refractivity contribution in [3.8, 4) is 0 Å². The fourth-order valence-corrected chi connectivity index (χ4v) is 1.60. The second kappa shape index (κ2) is 6.14. The number of hydrogen-bond acceptors (Lipinski definition) is 5. The molecule has 0 saturated carbocycles. The number of carbonyl (C=O) groups excluding carboxylic acids is 2. The molecule has 0 bridgehead atoms. The highest BCUT2D eigenvalue weighted by Gasteiger charge is 2.20. The quantitative estimate of drug-likeness (QED) is 0.695. The van der Waals surface area contributed by atoms with Crippen molar-refractivity contribution in [3.63, 3.8) is 0 Å². The summed E-state index contributed by atoms with van der Waals surface area (Å²) in [5.74, 6) is -2.82. The summed E-state index contributed by atoms with van der Waals surface area (Å²) in [5, 5.41) is 8.92. The summed E-state index contributed by atoms with van der Waals surface area (Å²) in [4.78, 5) is 33.4. The zero-order valence-corrected chi connectivity index (χ0v) is 12.3. The van der Waals surface area contributed by atoms with Gasteiger partial charge in [0.05, 0.1) is 16.7 Å². The van der Waals surface area contributed by atoms with Gasteiger partial charge >= 0.3 is 17.9 Å². The molecular formula is C9H4I2O6. The Morgan fingerprint density at radius 2 is 1.59 bits per heavy atom. The van der Waals surface area contributed by atoms with Crippen molar-refractivity contribution in [1.82, 2.24) is 0 Å². The van der Waals surface area contributed by atoms with E-state index in [1.54, 1.807) is 0 Å². The van der Waals surface area contributed by atoms with Crippen molar-refractivity contribution in [2.24, 2.45) is 0 Å². The zero-order valence-electron chi connectivity index (χ0n) is 7.98. The van der Waals surface area contributed by atoms with E-state index in [1.165, 1.54) is 58.1 Å². The molecule has 0 saturated heterocycles. The third-order valence-corrected chi connectivity index (χ3v) is 2.65. The summed E-state index contributed by atoms with van der Waals surface area (Å²) < 4.78 is 8.82. The van der Waals surface area contributed by atoms with Crippen molar-refractivity contribution in [1.29, 1.82) is 0 Å². The summed E-state index contributed by atoms with van der Waals surface area (Å²) >= 11 is 2.74. The number of carboxylic acid groups (broad SMARTS) is 1. The van der Waals surface area contributed by atoms with E-state index in [0.717, 1.165) is 6.07 Å². The number of carbonyl (C=O) groups is 3. The van der Waals surface area contributed by atoms with Gasteiger partial charge in [-0.05, 0) is 18.2 Å². The summed E-state index contributed by atoms with van der Waals surface area (Å²) in [6, 6.07) is 3.55. The minimum absolute atomic E-state index is 0.0433. The van der Waals surface area contributed by atoms with Crippen molar-refractivity contribution >= 4 is 63.9 Å². The topological polar surface area (TPSA) is 89.9 Å². The first-order valence-corrected chi connectivity index (χ1v) is 5.80. The van der Waals surface area contributed by atoms with Gasteiger partial charge in [0.1, 0.15) is 0 Å². The molecule has 0 aromatic heterocycles. The fraction of sp³-hybridized carbons (Fsp3) is 0. The predicted molar refractivity (Wildman–Crippen MR) is 72.3 cm³/mol. The van der Waals surface area contributed by atoms with E-state index in [-0.39, 0.29) is 16.7 Å². The minimum atomic E-state index is -1.33. The second-order valence-electron chi connectivity index (χ2n) is 2.79. The molecule has 6 nitrogen and oxygen atoms in total. The molecule has 1 rings (SSSR count). The molecule has 1 aromatic carbocycles. The molecule has 8 heteroatoms. The lowest BCUT2D eigenvalue weighted by Gasteiger charge is -2.04. The molecule has 0 radical (unpaired) electrons. The van der Waals surface area contributed by atoms with Crippen LogP contribution >= 0.6 is 46.0 Å². The Bertz CT molecular complexity index is 484. The van der Waals surface area contributed by atoms with Crippen LogP contribution in [0.5, 0.6) is 0 Å². The monoisotopic (exact) mass is 462 g/mol. The Labute approximate surface area is 124 Å². The minimum Gasteiger partial charge on any atom is -0.478 e. The van der Waals surface area contributed by atoms with Crippen molar-refractivity contribution < 1.29 is 25.6 Å². The normalized spacial score (nSPS) is 9.53. The molecule has 0 aliphatic carbocycles. The third kappa shape index (κ3) is 3.28. The molecule has 0 fully saturated rings. The van der Waals surface area contributed by atoms with E-state index in [1.807, 2.05) is 0 Å². The molecule has 1 N–H and O–H groups in total. The van der Waals surface area contributed by atoms with Crippen LogP contribution in [-0.2, 0) is 6.13 Å². The summed E-state index contributed by atoms with van der Waals surface area (Å²) in [6.07, 6.45) is 0. The number of aromatic carboxylic acids is 1. The van der Waals surface area contributed by atoms with Crippen LogP contribution in [0.2, 0.25) is 0 Å². The summed E-state index contributed by atoms with van der Waals surface area (Å²) in [6.45, 7) is 0. The van der Waals surface area contributed by atoms with Crippen LogP contribution in [-0.4, -0.2) is 23.0 Å². The maximum absolute atomic E-state index is 11.3. The first-order chi connectivity index (χ1) is 8.01. The van der Waals surface area contributed by atoms with Crippen LogP contribution in [0.15, 0.2) is 18.2 Å². The van der Waals surface area contributed by atoms with Gasteiger partial charge in [0.2, 0.25) is 0 Å². The molecule has 0 unspecified atom stereocenters. The van der Waals surface area contributed by atoms with Gasteiger partial charge in [-0.3, -0.25) is 0 Å². The third-order valence-electron chi connectivity index (χ3n) is 1.85. The highest BCUT2D eigenvalue weighted by atomic mass is 127. The zero-order chi connectivity index (χ0) is 13.0. The summed E-state index contributed by atoms with van der Waals surface area (Å²) in [7, 11) is 0. The Balaban J connectivity index is 3.32. The van der Waals surface area contributed by atoms with Gasteiger partial charge in [0.15, 0.2) is 46.0 Å². The first-order valence-electron chi connectivity index (χ1n) is 4.04. The second-order valence-corrected chi connectivity index (χ2v) is 3.68. The predicted octanol–water partition coefficient (Wildman–Crippen LogP) is 2.40. The van der Waals surface area contributed by atoms with Crippen LogP contribution < -0.4 is 0 Å². The number of carboxylic acids is 1.